The summed E-state index contributed by atoms with van der Waals surface area (Å²) < 4.78 is 5.53. The van der Waals surface area contributed by atoms with Crippen molar-refractivity contribution in [1.29, 1.82) is 0 Å². The summed E-state index contributed by atoms with van der Waals surface area (Å²) >= 11 is 0. The Balaban J connectivity index is 1.20. The van der Waals surface area contributed by atoms with Gasteiger partial charge in [-0.25, -0.2) is 0 Å². The third-order valence-electron chi connectivity index (χ3n) is 16.3. The molecule has 50 heavy (non-hydrogen) atoms. The van der Waals surface area contributed by atoms with Crippen LogP contribution in [0.2, 0.25) is 0 Å². The standard InChI is InChI=1S/C44H70N2O4/c1-30(2)28-33-15-21-44(45-29-37(47)46-24-26-50-27-25-46)23-22-43(8)36(38(33)44)10-9-17-42(43,7)20-16-34-31(3)11-12-35(40(34,4)5)32-13-18-41(6,19-14-32)39(48)49/h12-13,31,33-34,36,38,45H,1,9-11,14-29H2,2-8H3,(H,48,49). The summed E-state index contributed by atoms with van der Waals surface area (Å²) in [5, 5.41) is 13.9. The Bertz CT molecular complexity index is 1380. The summed E-state index contributed by atoms with van der Waals surface area (Å²) in [5.74, 6) is 2.71. The summed E-state index contributed by atoms with van der Waals surface area (Å²) in [6, 6.07) is 0. The minimum Gasteiger partial charge on any atom is -0.481 e. The zero-order valence-corrected chi connectivity index (χ0v) is 32.8. The number of fused-ring (bicyclic) bond motifs is 3. The van der Waals surface area contributed by atoms with Gasteiger partial charge < -0.3 is 20.1 Å². The van der Waals surface area contributed by atoms with E-state index in [2.05, 4.69) is 65.6 Å². The van der Waals surface area contributed by atoms with Crippen molar-refractivity contribution in [2.24, 2.45) is 51.2 Å². The van der Waals surface area contributed by atoms with Crippen LogP contribution in [0.5, 0.6) is 0 Å². The molecule has 0 aromatic rings. The molecule has 0 radical (unpaired) electrons. The number of carbonyl (C=O) groups is 2. The summed E-state index contributed by atoms with van der Waals surface area (Å²) in [6.45, 7) is 24.5. The van der Waals surface area contributed by atoms with Crippen LogP contribution in [-0.2, 0) is 14.3 Å². The van der Waals surface area contributed by atoms with Gasteiger partial charge in [0.1, 0.15) is 0 Å². The van der Waals surface area contributed by atoms with Gasteiger partial charge in [0, 0.05) is 18.6 Å². The van der Waals surface area contributed by atoms with Gasteiger partial charge in [0.2, 0.25) is 5.91 Å². The predicted molar refractivity (Wildman–Crippen MR) is 203 cm³/mol. The van der Waals surface area contributed by atoms with Gasteiger partial charge in [0.25, 0.3) is 0 Å². The van der Waals surface area contributed by atoms with E-state index in [0.717, 1.165) is 25.7 Å². The lowest BCUT2D eigenvalue weighted by Crippen LogP contribution is -2.63. The lowest BCUT2D eigenvalue weighted by atomic mass is 9.42. The van der Waals surface area contributed by atoms with E-state index in [9.17, 15) is 14.7 Å². The smallest absolute Gasteiger partial charge is 0.309 e. The van der Waals surface area contributed by atoms with Crippen molar-refractivity contribution in [2.75, 3.05) is 32.8 Å². The highest BCUT2D eigenvalue weighted by molar-refractivity contribution is 5.78. The van der Waals surface area contributed by atoms with Gasteiger partial charge in [-0.05, 0) is 154 Å². The minimum absolute atomic E-state index is 0.0501. The van der Waals surface area contributed by atoms with Crippen LogP contribution in [-0.4, -0.2) is 60.3 Å². The maximum Gasteiger partial charge on any atom is 0.309 e. The van der Waals surface area contributed by atoms with E-state index in [-0.39, 0.29) is 27.7 Å². The number of carbonyl (C=O) groups excluding carboxylic acids is 1. The van der Waals surface area contributed by atoms with Crippen LogP contribution in [0.3, 0.4) is 0 Å². The SMILES string of the molecule is C=C(C)CC1CCC2(NCC(=O)N3CCOCC3)CCC3(C)C(CCCC3(C)CCC3C(C)CC=C(C4=CCC(C)(C(=O)O)CC4)C3(C)C)C12. The molecular weight excluding hydrogens is 620 g/mol. The number of rotatable bonds is 10. The Labute approximate surface area is 304 Å². The highest BCUT2D eigenvalue weighted by atomic mass is 16.5. The number of aliphatic carboxylic acids is 1. The molecule has 0 aromatic heterocycles. The average Bonchev–Trinajstić information content (AvgIpc) is 3.42. The second-order valence-electron chi connectivity index (χ2n) is 19.5. The first-order valence-electron chi connectivity index (χ1n) is 20.4. The molecule has 6 rings (SSSR count). The molecule has 1 heterocycles. The number of nitrogens with zero attached hydrogens (tertiary/aromatic N) is 1. The van der Waals surface area contributed by atoms with Crippen LogP contribution in [0.4, 0.5) is 0 Å². The van der Waals surface area contributed by atoms with E-state index in [0.29, 0.717) is 68.9 Å². The number of carboxylic acid groups (broad SMARTS) is 1. The van der Waals surface area contributed by atoms with Gasteiger partial charge in [-0.15, -0.1) is 6.58 Å². The van der Waals surface area contributed by atoms with Crippen molar-refractivity contribution in [3.8, 4) is 0 Å². The number of morpholine rings is 1. The van der Waals surface area contributed by atoms with Gasteiger partial charge in [-0.2, -0.15) is 0 Å². The number of carboxylic acids is 1. The minimum atomic E-state index is -0.663. The van der Waals surface area contributed by atoms with Crippen LogP contribution in [0.15, 0.2) is 35.5 Å². The third kappa shape index (κ3) is 6.72. The predicted octanol–water partition coefficient (Wildman–Crippen LogP) is 9.36. The largest absolute Gasteiger partial charge is 0.481 e. The van der Waals surface area contributed by atoms with E-state index in [1.54, 1.807) is 0 Å². The first-order valence-corrected chi connectivity index (χ1v) is 20.4. The second-order valence-corrected chi connectivity index (χ2v) is 19.5. The molecule has 4 fully saturated rings. The lowest BCUT2D eigenvalue weighted by Gasteiger charge is -2.64. The Morgan fingerprint density at radius 3 is 2.42 bits per heavy atom. The Hall–Kier alpha value is -1.92. The summed E-state index contributed by atoms with van der Waals surface area (Å²) in [6.07, 6.45) is 20.5. The van der Waals surface area contributed by atoms with E-state index in [4.69, 9.17) is 4.74 Å². The molecule has 3 saturated carbocycles. The number of ether oxygens (including phenoxy) is 1. The molecule has 0 spiro atoms. The molecule has 0 aromatic carbocycles. The summed E-state index contributed by atoms with van der Waals surface area (Å²) in [7, 11) is 0. The maximum absolute atomic E-state index is 13.4. The highest BCUT2D eigenvalue weighted by Crippen LogP contribution is 2.69. The fourth-order valence-corrected chi connectivity index (χ4v) is 12.8. The molecule has 2 N–H and O–H groups in total. The molecule has 9 atom stereocenters. The molecule has 0 bridgehead atoms. The van der Waals surface area contributed by atoms with Crippen molar-refractivity contribution in [3.63, 3.8) is 0 Å². The van der Waals surface area contributed by atoms with Gasteiger partial charge in [0.05, 0.1) is 25.2 Å². The van der Waals surface area contributed by atoms with Crippen LogP contribution >= 0.6 is 0 Å². The molecule has 1 amide bonds. The summed E-state index contributed by atoms with van der Waals surface area (Å²) in [5.41, 5.74) is 4.27. The van der Waals surface area contributed by atoms with Crippen LogP contribution < -0.4 is 5.32 Å². The summed E-state index contributed by atoms with van der Waals surface area (Å²) in [4.78, 5) is 27.4. The van der Waals surface area contributed by atoms with Crippen molar-refractivity contribution >= 4 is 11.9 Å². The topological polar surface area (TPSA) is 78.9 Å². The molecule has 1 aliphatic heterocycles. The van der Waals surface area contributed by atoms with Crippen molar-refractivity contribution in [2.45, 2.75) is 144 Å². The van der Waals surface area contributed by atoms with Gasteiger partial charge in [0.15, 0.2) is 0 Å². The molecule has 6 heteroatoms. The highest BCUT2D eigenvalue weighted by Gasteiger charge is 2.64. The van der Waals surface area contributed by atoms with Gasteiger partial charge in [-0.1, -0.05) is 58.8 Å². The fourth-order valence-electron chi connectivity index (χ4n) is 12.8. The number of allylic oxidation sites excluding steroid dienone is 5. The quantitative estimate of drug-likeness (QED) is 0.224. The van der Waals surface area contributed by atoms with E-state index in [1.807, 2.05) is 11.8 Å². The molecule has 6 aliphatic rings. The fraction of sp³-hybridized carbons (Fsp3) is 0.818. The third-order valence-corrected chi connectivity index (χ3v) is 16.3. The molecule has 5 aliphatic carbocycles. The monoisotopic (exact) mass is 691 g/mol. The van der Waals surface area contributed by atoms with Crippen LogP contribution in [0.1, 0.15) is 138 Å². The maximum atomic E-state index is 13.4. The molecule has 280 valence electrons. The number of hydrogen-bond acceptors (Lipinski definition) is 4. The number of hydrogen-bond donors (Lipinski definition) is 2. The second kappa shape index (κ2) is 14.1. The average molecular weight is 691 g/mol. The van der Waals surface area contributed by atoms with E-state index in [1.165, 1.54) is 74.5 Å². The van der Waals surface area contributed by atoms with E-state index < -0.39 is 11.4 Å². The van der Waals surface area contributed by atoms with Crippen LogP contribution in [0.25, 0.3) is 0 Å². The molecule has 9 unspecified atom stereocenters. The van der Waals surface area contributed by atoms with Crippen molar-refractivity contribution in [3.05, 3.63) is 35.5 Å². The van der Waals surface area contributed by atoms with Crippen LogP contribution in [0, 0.1) is 51.2 Å². The van der Waals surface area contributed by atoms with E-state index >= 15 is 0 Å². The molecule has 1 saturated heterocycles. The van der Waals surface area contributed by atoms with Gasteiger partial charge in [-0.3, -0.25) is 9.59 Å². The number of nitrogens with one attached hydrogen (secondary N) is 1. The Morgan fingerprint density at radius 2 is 1.76 bits per heavy atom. The number of amides is 1. The zero-order chi connectivity index (χ0) is 36.1. The molecular formula is C44H70N2O4. The molecule has 6 nitrogen and oxygen atoms in total. The normalized spacial score (nSPS) is 41.4. The van der Waals surface area contributed by atoms with Crippen molar-refractivity contribution in [1.82, 2.24) is 10.2 Å². The Morgan fingerprint density at radius 1 is 1.02 bits per heavy atom. The lowest BCUT2D eigenvalue weighted by molar-refractivity contribution is -0.148. The Kier molecular flexibility index (Phi) is 10.7. The van der Waals surface area contributed by atoms with Crippen molar-refractivity contribution < 1.29 is 19.4 Å². The first-order chi connectivity index (χ1) is 23.6. The zero-order valence-electron chi connectivity index (χ0n) is 32.8. The first kappa shape index (κ1) is 37.8. The van der Waals surface area contributed by atoms with Gasteiger partial charge >= 0.3 is 5.97 Å².